The second-order valence-electron chi connectivity index (χ2n) is 8.04. The van der Waals surface area contributed by atoms with Crippen LogP contribution in [0.3, 0.4) is 0 Å². The van der Waals surface area contributed by atoms with Crippen LogP contribution in [0.2, 0.25) is 10.0 Å². The molecule has 1 unspecified atom stereocenters. The topological polar surface area (TPSA) is 124 Å². The zero-order valence-electron chi connectivity index (χ0n) is 19.2. The zero-order valence-corrected chi connectivity index (χ0v) is 20.7. The highest BCUT2D eigenvalue weighted by atomic mass is 35.5. The van der Waals surface area contributed by atoms with E-state index < -0.39 is 41.2 Å². The van der Waals surface area contributed by atoms with Crippen LogP contribution in [0.25, 0.3) is 0 Å². The van der Waals surface area contributed by atoms with E-state index in [4.69, 9.17) is 28.3 Å². The second-order valence-corrected chi connectivity index (χ2v) is 8.88. The summed E-state index contributed by atoms with van der Waals surface area (Å²) < 4.78 is 15.0. The van der Waals surface area contributed by atoms with Gasteiger partial charge in [-0.3, -0.25) is 19.3 Å². The number of aliphatic carboxylic acids is 1. The number of aliphatic hydroxyl groups is 1. The van der Waals surface area contributed by atoms with E-state index in [1.54, 1.807) is 0 Å². The van der Waals surface area contributed by atoms with E-state index in [2.05, 4.69) is 5.32 Å². The van der Waals surface area contributed by atoms with Crippen molar-refractivity contribution in [1.82, 2.24) is 0 Å². The van der Waals surface area contributed by atoms with Gasteiger partial charge < -0.3 is 15.5 Å². The number of carboxylic acids is 1. The monoisotopic (exact) mass is 554 g/mol. The van der Waals surface area contributed by atoms with Crippen LogP contribution in [0, 0.1) is 5.82 Å². The Kier molecular flexibility index (Phi) is 7.61. The van der Waals surface area contributed by atoms with Crippen LogP contribution in [0.4, 0.5) is 15.8 Å². The first kappa shape index (κ1) is 26.6. The number of carboxylic acid groups (broad SMARTS) is 1. The average Bonchev–Trinajstić information content (AvgIpc) is 3.14. The first-order chi connectivity index (χ1) is 18.1. The highest BCUT2D eigenvalue weighted by Crippen LogP contribution is 2.43. The maximum Gasteiger partial charge on any atom is 0.328 e. The highest BCUT2D eigenvalue weighted by molar-refractivity contribution is 6.31. The SMILES string of the molecule is O=C(O)C=CC(=O)Nc1cccc(C(=O)C2=C(O)C(=O)N(c3cccc(Cl)c3F)C2c2ccc(Cl)cc2)c1. The zero-order chi connectivity index (χ0) is 27.6. The largest absolute Gasteiger partial charge is 0.503 e. The summed E-state index contributed by atoms with van der Waals surface area (Å²) in [6.07, 6.45) is 1.45. The van der Waals surface area contributed by atoms with Gasteiger partial charge in [-0.25, -0.2) is 9.18 Å². The van der Waals surface area contributed by atoms with Crippen LogP contribution < -0.4 is 10.2 Å². The van der Waals surface area contributed by atoms with Crippen LogP contribution in [-0.2, 0) is 14.4 Å². The molecule has 192 valence electrons. The summed E-state index contributed by atoms with van der Waals surface area (Å²) in [6, 6.07) is 14.5. The second kappa shape index (κ2) is 10.9. The number of hydrogen-bond acceptors (Lipinski definition) is 5. The van der Waals surface area contributed by atoms with Gasteiger partial charge in [-0.05, 0) is 42.0 Å². The van der Waals surface area contributed by atoms with Gasteiger partial charge in [0.05, 0.1) is 22.3 Å². The third-order valence-corrected chi connectivity index (χ3v) is 6.14. The number of nitrogens with one attached hydrogen (secondary N) is 1. The van der Waals surface area contributed by atoms with E-state index in [1.165, 1.54) is 66.7 Å². The lowest BCUT2D eigenvalue weighted by Crippen LogP contribution is -2.31. The Hall–Kier alpha value is -4.47. The molecule has 1 aliphatic rings. The summed E-state index contributed by atoms with van der Waals surface area (Å²) in [4.78, 5) is 50.4. The minimum atomic E-state index is -1.31. The maximum absolute atomic E-state index is 15.0. The molecule has 4 rings (SSSR count). The number of Topliss-reactive ketones (excluding diaryl/α,β-unsaturated/α-hetero) is 1. The number of halogens is 3. The molecule has 0 radical (unpaired) electrons. The van der Waals surface area contributed by atoms with Gasteiger partial charge in [-0.2, -0.15) is 0 Å². The van der Waals surface area contributed by atoms with Crippen LogP contribution in [0.1, 0.15) is 22.0 Å². The smallest absolute Gasteiger partial charge is 0.328 e. The molecule has 3 N–H and O–H groups in total. The highest BCUT2D eigenvalue weighted by Gasteiger charge is 2.45. The molecule has 0 bridgehead atoms. The number of benzene rings is 3. The first-order valence-corrected chi connectivity index (χ1v) is 11.7. The lowest BCUT2D eigenvalue weighted by atomic mass is 9.92. The van der Waals surface area contributed by atoms with E-state index >= 15 is 4.39 Å². The minimum Gasteiger partial charge on any atom is -0.503 e. The average molecular weight is 555 g/mol. The molecule has 3 aromatic carbocycles. The molecular weight excluding hydrogens is 538 g/mol. The van der Waals surface area contributed by atoms with Gasteiger partial charge in [-0.1, -0.05) is 53.5 Å². The van der Waals surface area contributed by atoms with Crippen molar-refractivity contribution in [2.24, 2.45) is 0 Å². The van der Waals surface area contributed by atoms with Gasteiger partial charge in [0.1, 0.15) is 0 Å². The third kappa shape index (κ3) is 5.29. The van der Waals surface area contributed by atoms with Crippen molar-refractivity contribution in [3.05, 3.63) is 117 Å². The molecule has 0 saturated carbocycles. The van der Waals surface area contributed by atoms with Crippen molar-refractivity contribution in [3.8, 4) is 0 Å². The van der Waals surface area contributed by atoms with Gasteiger partial charge in [0.15, 0.2) is 17.4 Å². The molecule has 0 fully saturated rings. The lowest BCUT2D eigenvalue weighted by Gasteiger charge is -2.27. The summed E-state index contributed by atoms with van der Waals surface area (Å²) in [5, 5.41) is 22.1. The molecule has 3 aromatic rings. The molecular formula is C27H17Cl2FN2O6. The summed E-state index contributed by atoms with van der Waals surface area (Å²) in [5.41, 5.74) is -0.0698. The number of carbonyl (C=O) groups excluding carboxylic acids is 3. The lowest BCUT2D eigenvalue weighted by molar-refractivity contribution is -0.131. The molecule has 0 aliphatic carbocycles. The number of ketones is 1. The Labute approximate surface area is 225 Å². The number of anilines is 2. The Morgan fingerprint density at radius 3 is 2.34 bits per heavy atom. The number of nitrogens with zero attached hydrogens (tertiary/aromatic N) is 1. The fraction of sp³-hybridized carbons (Fsp3) is 0.0370. The molecule has 0 saturated heterocycles. The molecule has 0 spiro atoms. The quantitative estimate of drug-likeness (QED) is 0.262. The van der Waals surface area contributed by atoms with Crippen molar-refractivity contribution in [1.29, 1.82) is 0 Å². The molecule has 1 aliphatic heterocycles. The Balaban J connectivity index is 1.78. The standard InChI is InChI=1S/C27H17Cl2FN2O6/c28-16-9-7-14(8-10-16)24-22(26(37)27(38)32(24)19-6-2-5-18(29)23(19)30)25(36)15-3-1-4-17(13-15)31-20(33)11-12-21(34)35/h1-13,24,37H,(H,31,33)(H,34,35). The summed E-state index contributed by atoms with van der Waals surface area (Å²) >= 11 is 11.9. The van der Waals surface area contributed by atoms with Gasteiger partial charge in [0.25, 0.3) is 5.91 Å². The Bertz CT molecular complexity index is 1530. The summed E-state index contributed by atoms with van der Waals surface area (Å²) in [5.74, 6) is -5.64. The van der Waals surface area contributed by atoms with Crippen molar-refractivity contribution >= 4 is 58.1 Å². The molecule has 38 heavy (non-hydrogen) atoms. The van der Waals surface area contributed by atoms with Crippen LogP contribution in [0.15, 0.2) is 90.2 Å². The van der Waals surface area contributed by atoms with Gasteiger partial charge >= 0.3 is 5.97 Å². The summed E-state index contributed by atoms with van der Waals surface area (Å²) in [6.45, 7) is 0. The van der Waals surface area contributed by atoms with Gasteiger partial charge in [0, 0.05) is 28.4 Å². The number of hydrogen-bond donors (Lipinski definition) is 3. The molecule has 8 nitrogen and oxygen atoms in total. The van der Waals surface area contributed by atoms with Crippen LogP contribution >= 0.6 is 23.2 Å². The first-order valence-electron chi connectivity index (χ1n) is 10.9. The molecule has 1 heterocycles. The van der Waals surface area contributed by atoms with E-state index in [0.29, 0.717) is 16.7 Å². The predicted octanol–water partition coefficient (Wildman–Crippen LogP) is 5.49. The van der Waals surface area contributed by atoms with Crippen molar-refractivity contribution in [2.45, 2.75) is 6.04 Å². The Morgan fingerprint density at radius 1 is 0.974 bits per heavy atom. The third-order valence-electron chi connectivity index (χ3n) is 5.60. The molecule has 11 heteroatoms. The van der Waals surface area contributed by atoms with Crippen molar-refractivity contribution in [2.75, 3.05) is 10.2 Å². The van der Waals surface area contributed by atoms with Gasteiger partial charge in [0.2, 0.25) is 5.91 Å². The Morgan fingerprint density at radius 2 is 1.66 bits per heavy atom. The molecule has 2 amide bonds. The van der Waals surface area contributed by atoms with Crippen LogP contribution in [-0.4, -0.2) is 33.8 Å². The minimum absolute atomic E-state index is 0.00764. The van der Waals surface area contributed by atoms with Crippen molar-refractivity contribution < 1.29 is 33.8 Å². The molecule has 0 aromatic heterocycles. The van der Waals surface area contributed by atoms with Crippen LogP contribution in [0.5, 0.6) is 0 Å². The van der Waals surface area contributed by atoms with E-state index in [1.807, 2.05) is 0 Å². The number of rotatable bonds is 7. The maximum atomic E-state index is 15.0. The predicted molar refractivity (Wildman–Crippen MR) is 139 cm³/mol. The number of aliphatic hydroxyl groups excluding tert-OH is 1. The normalized spacial score (nSPS) is 15.3. The van der Waals surface area contributed by atoms with E-state index in [0.717, 1.165) is 11.0 Å². The summed E-state index contributed by atoms with van der Waals surface area (Å²) in [7, 11) is 0. The fourth-order valence-corrected chi connectivity index (χ4v) is 4.24. The van der Waals surface area contributed by atoms with E-state index in [9.17, 15) is 24.3 Å². The molecule has 1 atom stereocenters. The number of amides is 2. The fourth-order valence-electron chi connectivity index (χ4n) is 3.95. The van der Waals surface area contributed by atoms with E-state index in [-0.39, 0.29) is 27.5 Å². The van der Waals surface area contributed by atoms with Gasteiger partial charge in [-0.15, -0.1) is 0 Å². The van der Waals surface area contributed by atoms with Crippen molar-refractivity contribution in [3.63, 3.8) is 0 Å². The number of carbonyl (C=O) groups is 4.